The summed E-state index contributed by atoms with van der Waals surface area (Å²) in [4.78, 5) is 0. The number of rotatable bonds is 2. The summed E-state index contributed by atoms with van der Waals surface area (Å²) >= 11 is 0. The molecule has 1 aliphatic carbocycles. The van der Waals surface area contributed by atoms with Gasteiger partial charge in [-0.2, -0.15) is 0 Å². The Morgan fingerprint density at radius 1 is 1.62 bits per heavy atom. The van der Waals surface area contributed by atoms with E-state index in [0.717, 1.165) is 5.57 Å². The molecule has 0 fully saturated rings. The summed E-state index contributed by atoms with van der Waals surface area (Å²) in [5.41, 5.74) is 9.15. The lowest BCUT2D eigenvalue weighted by molar-refractivity contribution is 0.300. The molecule has 1 nitrogen and oxygen atoms in total. The Morgan fingerprint density at radius 3 is 3.00 bits per heavy atom. The molecule has 0 aliphatic heterocycles. The van der Waals surface area contributed by atoms with Crippen LogP contribution in [0.1, 0.15) is 6.42 Å². The van der Waals surface area contributed by atoms with Gasteiger partial charge < -0.3 is 5.11 Å². The van der Waals surface area contributed by atoms with Crippen LogP contribution in [0.4, 0.5) is 0 Å². The molecule has 1 rings (SSSR count). The van der Waals surface area contributed by atoms with Crippen molar-refractivity contribution < 1.29 is 5.11 Å². The van der Waals surface area contributed by atoms with E-state index in [2.05, 4.69) is 17.2 Å². The highest BCUT2D eigenvalue weighted by Crippen LogP contribution is 2.00. The first-order valence-corrected chi connectivity index (χ1v) is 2.50. The summed E-state index contributed by atoms with van der Waals surface area (Å²) in [6.07, 6.45) is 2.44. The van der Waals surface area contributed by atoms with Gasteiger partial charge in [0.05, 0.1) is 0 Å². The van der Waals surface area contributed by atoms with Gasteiger partial charge in [0.1, 0.15) is 0 Å². The minimum absolute atomic E-state index is 0.183. The predicted molar refractivity (Wildman–Crippen MR) is 30.3 cm³/mol. The van der Waals surface area contributed by atoms with Crippen molar-refractivity contribution in [1.82, 2.24) is 0 Å². The highest BCUT2D eigenvalue weighted by Gasteiger charge is 1.88. The van der Waals surface area contributed by atoms with Crippen LogP contribution in [0, 0.1) is 0 Å². The minimum atomic E-state index is 0.183. The zero-order valence-electron chi connectivity index (χ0n) is 4.44. The maximum atomic E-state index is 8.39. The second-order valence-corrected chi connectivity index (χ2v) is 1.54. The molecule has 1 heteroatoms. The van der Waals surface area contributed by atoms with Crippen molar-refractivity contribution in [2.24, 2.45) is 0 Å². The third-order valence-corrected chi connectivity index (χ3v) is 0.923. The van der Waals surface area contributed by atoms with E-state index in [1.165, 1.54) is 0 Å². The number of hydrogen-bond donors (Lipinski definition) is 1. The topological polar surface area (TPSA) is 20.2 Å². The quantitative estimate of drug-likeness (QED) is 0.515. The van der Waals surface area contributed by atoms with Crippen LogP contribution in [0.3, 0.4) is 0 Å². The van der Waals surface area contributed by atoms with Gasteiger partial charge >= 0.3 is 0 Å². The summed E-state index contributed by atoms with van der Waals surface area (Å²) in [7, 11) is 0. The molecular weight excluding hydrogens is 100 g/mol. The van der Waals surface area contributed by atoms with Gasteiger partial charge in [-0.15, -0.1) is 0 Å². The van der Waals surface area contributed by atoms with Crippen molar-refractivity contribution in [3.63, 3.8) is 0 Å². The Labute approximate surface area is 48.0 Å². The zero-order chi connectivity index (χ0) is 5.82. The molecule has 0 amide bonds. The van der Waals surface area contributed by atoms with Gasteiger partial charge in [-0.3, -0.25) is 0 Å². The Hall–Kier alpha value is -0.960. The number of allylic oxidation sites excluding steroid dienone is 1. The van der Waals surface area contributed by atoms with Crippen LogP contribution >= 0.6 is 0 Å². The van der Waals surface area contributed by atoms with E-state index in [9.17, 15) is 0 Å². The van der Waals surface area contributed by atoms with Gasteiger partial charge in [-0.05, 0) is 5.73 Å². The molecule has 0 aromatic rings. The Balaban J connectivity index is 2.55. The van der Waals surface area contributed by atoms with Gasteiger partial charge in [-0.25, -0.2) is 0 Å². The summed E-state index contributed by atoms with van der Waals surface area (Å²) in [5.74, 6) is 0. The summed E-state index contributed by atoms with van der Waals surface area (Å²) < 4.78 is 0. The molecule has 0 radical (unpaired) electrons. The second-order valence-electron chi connectivity index (χ2n) is 1.54. The average Bonchev–Trinajstić information content (AvgIpc) is 2.19. The minimum Gasteiger partial charge on any atom is -0.396 e. The molecular formula is C7H6O. The van der Waals surface area contributed by atoms with Gasteiger partial charge in [0, 0.05) is 24.7 Å². The van der Waals surface area contributed by atoms with Crippen LogP contribution < -0.4 is 0 Å². The summed E-state index contributed by atoms with van der Waals surface area (Å²) in [5, 5.41) is 8.39. The predicted octanol–water partition coefficient (Wildman–Crippen LogP) is 0.774. The van der Waals surface area contributed by atoms with E-state index in [1.807, 2.05) is 0 Å². The van der Waals surface area contributed by atoms with Crippen LogP contribution in [-0.2, 0) is 0 Å². The maximum Gasteiger partial charge on any atom is 0.0477 e. The molecule has 0 saturated heterocycles. The van der Waals surface area contributed by atoms with E-state index in [-0.39, 0.29) is 6.61 Å². The fraction of sp³-hybridized carbons (Fsp3) is 0.286. The number of aliphatic hydroxyl groups is 1. The highest BCUT2D eigenvalue weighted by atomic mass is 16.2. The second kappa shape index (κ2) is 2.37. The van der Waals surface area contributed by atoms with Crippen molar-refractivity contribution in [2.45, 2.75) is 6.42 Å². The molecule has 0 atom stereocenters. The van der Waals surface area contributed by atoms with Crippen LogP contribution in [-0.4, -0.2) is 11.7 Å². The smallest absolute Gasteiger partial charge is 0.0477 e. The van der Waals surface area contributed by atoms with Crippen molar-refractivity contribution in [3.05, 3.63) is 28.8 Å². The molecule has 0 heterocycles. The van der Waals surface area contributed by atoms with Gasteiger partial charge in [-0.1, -0.05) is 11.5 Å². The molecule has 0 spiro atoms. The fourth-order valence-electron chi connectivity index (χ4n) is 0.531. The van der Waals surface area contributed by atoms with Gasteiger partial charge in [0.15, 0.2) is 0 Å². The van der Waals surface area contributed by atoms with E-state index < -0.39 is 0 Å². The van der Waals surface area contributed by atoms with E-state index in [0.29, 0.717) is 6.42 Å². The molecule has 0 aromatic heterocycles. The molecule has 0 bridgehead atoms. The Morgan fingerprint density at radius 2 is 2.50 bits per heavy atom. The normalized spacial score (nSPS) is 12.9. The lowest BCUT2D eigenvalue weighted by Gasteiger charge is -1.86. The third kappa shape index (κ3) is 1.01. The van der Waals surface area contributed by atoms with Crippen molar-refractivity contribution >= 4 is 0 Å². The fourth-order valence-corrected chi connectivity index (χ4v) is 0.531. The molecule has 1 N–H and O–H groups in total. The van der Waals surface area contributed by atoms with Gasteiger partial charge in [0.2, 0.25) is 0 Å². The standard InChI is InChI=1S/C7H6O/c8-6-5-7-3-1-2-4-7/h3,8H,5-6H2. The van der Waals surface area contributed by atoms with Crippen LogP contribution in [0.2, 0.25) is 0 Å². The van der Waals surface area contributed by atoms with Crippen molar-refractivity contribution in [1.29, 1.82) is 0 Å². The first-order valence-electron chi connectivity index (χ1n) is 2.50. The molecule has 8 heavy (non-hydrogen) atoms. The number of hydrogen-bond acceptors (Lipinski definition) is 1. The van der Waals surface area contributed by atoms with Crippen LogP contribution in [0.5, 0.6) is 0 Å². The van der Waals surface area contributed by atoms with E-state index >= 15 is 0 Å². The van der Waals surface area contributed by atoms with Crippen molar-refractivity contribution in [3.8, 4) is 0 Å². The van der Waals surface area contributed by atoms with Crippen LogP contribution in [0.15, 0.2) is 28.8 Å². The van der Waals surface area contributed by atoms with Gasteiger partial charge in [0.25, 0.3) is 0 Å². The largest absolute Gasteiger partial charge is 0.396 e. The third-order valence-electron chi connectivity index (χ3n) is 0.923. The molecule has 40 valence electrons. The average molecular weight is 106 g/mol. The highest BCUT2D eigenvalue weighted by molar-refractivity contribution is 5.21. The zero-order valence-corrected chi connectivity index (χ0v) is 4.44. The summed E-state index contributed by atoms with van der Waals surface area (Å²) in [6, 6.07) is 0. The monoisotopic (exact) mass is 106 g/mol. The lowest BCUT2D eigenvalue weighted by Crippen LogP contribution is -1.81. The Bertz CT molecular complexity index is 207. The lowest BCUT2D eigenvalue weighted by atomic mass is 10.2. The summed E-state index contributed by atoms with van der Waals surface area (Å²) in [6.45, 7) is 0.183. The molecule has 0 unspecified atom stereocenters. The van der Waals surface area contributed by atoms with Crippen LogP contribution in [0.25, 0.3) is 0 Å². The SMILES string of the molecule is OCCC1=C=C=C=C1. The first-order chi connectivity index (χ1) is 3.93. The maximum absolute atomic E-state index is 8.39. The van der Waals surface area contributed by atoms with Crippen molar-refractivity contribution in [2.75, 3.05) is 6.61 Å². The van der Waals surface area contributed by atoms with E-state index in [1.54, 1.807) is 6.08 Å². The number of aliphatic hydroxyl groups excluding tert-OH is 1. The Kier molecular flexibility index (Phi) is 1.54. The molecule has 0 aromatic carbocycles. The first kappa shape index (κ1) is 5.18. The molecule has 1 aliphatic rings. The molecule has 0 saturated carbocycles. The van der Waals surface area contributed by atoms with E-state index in [4.69, 9.17) is 5.11 Å².